The summed E-state index contributed by atoms with van der Waals surface area (Å²) in [6, 6.07) is 12.0. The van der Waals surface area contributed by atoms with Crippen molar-refractivity contribution in [2.24, 2.45) is 0 Å². The summed E-state index contributed by atoms with van der Waals surface area (Å²) >= 11 is 5.87. The molecule has 8 heteroatoms. The number of carbonyl (C=O) groups is 2. The van der Waals surface area contributed by atoms with Crippen molar-refractivity contribution in [1.29, 1.82) is 0 Å². The molecule has 0 heterocycles. The molecule has 0 aliphatic carbocycles. The van der Waals surface area contributed by atoms with Crippen molar-refractivity contribution >= 4 is 29.0 Å². The third-order valence-electron chi connectivity index (χ3n) is 2.95. The molecule has 2 aromatic carbocycles. The monoisotopic (exact) mass is 349 g/mol. The maximum absolute atomic E-state index is 11.9. The smallest absolute Gasteiger partial charge is 0.344 e. The van der Waals surface area contributed by atoms with E-state index in [0.29, 0.717) is 0 Å². The van der Waals surface area contributed by atoms with E-state index in [-0.39, 0.29) is 22.0 Å². The number of ketones is 1. The highest BCUT2D eigenvalue weighted by Gasteiger charge is 2.16. The molecule has 0 aliphatic heterocycles. The minimum absolute atomic E-state index is 0.0584. The van der Waals surface area contributed by atoms with Crippen molar-refractivity contribution in [2.75, 3.05) is 13.2 Å². The Labute approximate surface area is 141 Å². The Morgan fingerprint density at radius 1 is 1.04 bits per heavy atom. The van der Waals surface area contributed by atoms with Gasteiger partial charge in [-0.25, -0.2) is 4.79 Å². The number of hydrogen-bond acceptors (Lipinski definition) is 6. The fourth-order valence-corrected chi connectivity index (χ4v) is 2.06. The molecule has 0 N–H and O–H groups in total. The summed E-state index contributed by atoms with van der Waals surface area (Å²) in [5, 5.41) is 11.1. The maximum Gasteiger partial charge on any atom is 0.344 e. The number of nitrogens with zero attached hydrogens (tertiary/aromatic N) is 1. The van der Waals surface area contributed by atoms with Gasteiger partial charge in [0.05, 0.1) is 9.95 Å². The number of hydrogen-bond donors (Lipinski definition) is 0. The largest absolute Gasteiger partial charge is 0.475 e. The van der Waals surface area contributed by atoms with Crippen LogP contribution in [0.2, 0.25) is 5.02 Å². The van der Waals surface area contributed by atoms with Crippen LogP contribution in [0.1, 0.15) is 10.4 Å². The molecule has 0 saturated carbocycles. The summed E-state index contributed by atoms with van der Waals surface area (Å²) in [6.45, 7) is -1.05. The molecule has 0 radical (unpaired) electrons. The van der Waals surface area contributed by atoms with Crippen molar-refractivity contribution in [3.8, 4) is 5.75 Å². The van der Waals surface area contributed by atoms with E-state index in [1.54, 1.807) is 18.2 Å². The summed E-state index contributed by atoms with van der Waals surface area (Å²) in [5.74, 6) is -1.34. The normalized spacial score (nSPS) is 10.0. The molecule has 0 saturated heterocycles. The van der Waals surface area contributed by atoms with E-state index in [4.69, 9.17) is 21.1 Å². The Morgan fingerprint density at radius 3 is 2.42 bits per heavy atom. The standard InChI is InChI=1S/C16H12ClNO6/c17-12-6-2-1-5-11(12)14(19)9-24-16(20)10-23-15-8-4-3-7-13(15)18(21)22/h1-8H,9-10H2. The molecule has 24 heavy (non-hydrogen) atoms. The highest BCUT2D eigenvalue weighted by molar-refractivity contribution is 6.34. The average molecular weight is 350 g/mol. The number of Topliss-reactive ketones (excluding diaryl/α,β-unsaturated/α-hetero) is 1. The maximum atomic E-state index is 11.9. The van der Waals surface area contributed by atoms with E-state index < -0.39 is 29.9 Å². The van der Waals surface area contributed by atoms with Crippen LogP contribution in [-0.2, 0) is 9.53 Å². The number of carbonyl (C=O) groups excluding carboxylic acids is 2. The first-order valence-corrected chi connectivity index (χ1v) is 7.16. The zero-order chi connectivity index (χ0) is 17.5. The molecule has 0 amide bonds. The van der Waals surface area contributed by atoms with Crippen LogP contribution >= 0.6 is 11.6 Å². The Balaban J connectivity index is 1.87. The molecule has 2 aromatic rings. The second-order valence-electron chi connectivity index (χ2n) is 4.58. The van der Waals surface area contributed by atoms with Crippen LogP contribution in [0, 0.1) is 10.1 Å². The number of esters is 1. The Morgan fingerprint density at radius 2 is 1.71 bits per heavy atom. The van der Waals surface area contributed by atoms with Crippen molar-refractivity contribution in [3.63, 3.8) is 0 Å². The number of halogens is 1. The van der Waals surface area contributed by atoms with Gasteiger partial charge >= 0.3 is 11.7 Å². The zero-order valence-corrected chi connectivity index (χ0v) is 13.1. The lowest BCUT2D eigenvalue weighted by atomic mass is 10.1. The van der Waals surface area contributed by atoms with Crippen molar-refractivity contribution < 1.29 is 24.0 Å². The third kappa shape index (κ3) is 4.53. The van der Waals surface area contributed by atoms with Gasteiger partial charge in [-0.05, 0) is 18.2 Å². The van der Waals surface area contributed by atoms with Gasteiger partial charge in [0.1, 0.15) is 0 Å². The highest BCUT2D eigenvalue weighted by Crippen LogP contribution is 2.25. The average Bonchev–Trinajstić information content (AvgIpc) is 2.58. The molecule has 0 spiro atoms. The number of nitro groups is 1. The Bertz CT molecular complexity index is 777. The molecule has 0 atom stereocenters. The lowest BCUT2D eigenvalue weighted by molar-refractivity contribution is -0.385. The SMILES string of the molecule is O=C(COc1ccccc1[N+](=O)[O-])OCC(=O)c1ccccc1Cl. The molecule has 0 aromatic heterocycles. The molecular formula is C16H12ClNO6. The van der Waals surface area contributed by atoms with Gasteiger partial charge in [0.25, 0.3) is 0 Å². The first-order valence-electron chi connectivity index (χ1n) is 6.78. The van der Waals surface area contributed by atoms with Crippen molar-refractivity contribution in [3.05, 3.63) is 69.2 Å². The molecule has 0 fully saturated rings. The van der Waals surface area contributed by atoms with Crippen molar-refractivity contribution in [1.82, 2.24) is 0 Å². The fraction of sp³-hybridized carbons (Fsp3) is 0.125. The number of para-hydroxylation sites is 2. The van der Waals surface area contributed by atoms with Crippen LogP contribution in [-0.4, -0.2) is 29.9 Å². The zero-order valence-electron chi connectivity index (χ0n) is 12.3. The molecule has 0 unspecified atom stereocenters. The van der Waals surface area contributed by atoms with Gasteiger partial charge in [0.2, 0.25) is 5.78 Å². The van der Waals surface area contributed by atoms with E-state index in [1.165, 1.54) is 30.3 Å². The summed E-state index contributed by atoms with van der Waals surface area (Å²) < 4.78 is 9.86. The van der Waals surface area contributed by atoms with Crippen LogP contribution in [0.25, 0.3) is 0 Å². The van der Waals surface area contributed by atoms with Crippen LogP contribution in [0.15, 0.2) is 48.5 Å². The molecule has 2 rings (SSSR count). The lowest BCUT2D eigenvalue weighted by Crippen LogP contribution is -2.20. The van der Waals surface area contributed by atoms with Gasteiger partial charge in [0, 0.05) is 11.6 Å². The highest BCUT2D eigenvalue weighted by atomic mass is 35.5. The molecule has 0 aliphatic rings. The van der Waals surface area contributed by atoms with Gasteiger partial charge in [0.15, 0.2) is 19.0 Å². The predicted molar refractivity (Wildman–Crippen MR) is 85.3 cm³/mol. The third-order valence-corrected chi connectivity index (χ3v) is 3.28. The van der Waals surface area contributed by atoms with Crippen molar-refractivity contribution in [2.45, 2.75) is 0 Å². The van der Waals surface area contributed by atoms with Gasteiger partial charge in [-0.2, -0.15) is 0 Å². The summed E-state index contributed by atoms with van der Waals surface area (Å²) in [5.41, 5.74) is -0.0240. The number of benzene rings is 2. The van der Waals surface area contributed by atoms with E-state index in [0.717, 1.165) is 0 Å². The van der Waals surface area contributed by atoms with E-state index in [1.807, 2.05) is 0 Å². The Kier molecular flexibility index (Phi) is 5.86. The molecule has 0 bridgehead atoms. The van der Waals surface area contributed by atoms with E-state index in [2.05, 4.69) is 0 Å². The van der Waals surface area contributed by atoms with Gasteiger partial charge < -0.3 is 9.47 Å². The number of rotatable bonds is 7. The van der Waals surface area contributed by atoms with Crippen LogP contribution < -0.4 is 4.74 Å². The molecular weight excluding hydrogens is 338 g/mol. The fourth-order valence-electron chi connectivity index (χ4n) is 1.82. The van der Waals surface area contributed by atoms with E-state index >= 15 is 0 Å². The van der Waals surface area contributed by atoms with Crippen LogP contribution in [0.4, 0.5) is 5.69 Å². The van der Waals surface area contributed by atoms with Gasteiger partial charge in [-0.1, -0.05) is 35.9 Å². The topological polar surface area (TPSA) is 95.7 Å². The Hall–Kier alpha value is -2.93. The number of nitro benzene ring substituents is 1. The minimum atomic E-state index is -0.825. The predicted octanol–water partition coefficient (Wildman–Crippen LogP) is 3.05. The first kappa shape index (κ1) is 17.4. The van der Waals surface area contributed by atoms with Crippen LogP contribution in [0.5, 0.6) is 5.75 Å². The second-order valence-corrected chi connectivity index (χ2v) is 4.98. The summed E-state index contributed by atoms with van der Waals surface area (Å²) in [7, 11) is 0. The van der Waals surface area contributed by atoms with Gasteiger partial charge in [-0.15, -0.1) is 0 Å². The van der Waals surface area contributed by atoms with E-state index in [9.17, 15) is 19.7 Å². The van der Waals surface area contributed by atoms with Gasteiger partial charge in [-0.3, -0.25) is 14.9 Å². The summed E-state index contributed by atoms with van der Waals surface area (Å²) in [6.07, 6.45) is 0. The molecule has 7 nitrogen and oxygen atoms in total. The second kappa shape index (κ2) is 8.07. The first-order chi connectivity index (χ1) is 11.5. The lowest BCUT2D eigenvalue weighted by Gasteiger charge is -2.07. The number of ether oxygens (including phenoxy) is 2. The minimum Gasteiger partial charge on any atom is -0.475 e. The van der Waals surface area contributed by atoms with Crippen LogP contribution in [0.3, 0.4) is 0 Å². The molecule has 124 valence electrons. The quantitative estimate of drug-likeness (QED) is 0.330. The summed E-state index contributed by atoms with van der Waals surface area (Å²) in [4.78, 5) is 33.7.